The monoisotopic (exact) mass is 965 g/mol. The Kier molecular flexibility index (Phi) is 7.26. The zero-order valence-corrected chi connectivity index (χ0v) is 40.6. The highest BCUT2D eigenvalue weighted by molar-refractivity contribution is 7.29. The third-order valence-corrected chi connectivity index (χ3v) is 19.7. The molecular weight excluding hydrogens is 931 g/mol. The lowest BCUT2D eigenvalue weighted by Gasteiger charge is -2.08. The van der Waals surface area contributed by atoms with Gasteiger partial charge in [-0.05, 0) is 23.3 Å². The number of hydrogen-bond donors (Lipinski definition) is 3. The predicted molar refractivity (Wildman–Crippen MR) is 317 cm³/mol. The van der Waals surface area contributed by atoms with Crippen LogP contribution in [0.25, 0.3) is 181 Å². The van der Waals surface area contributed by atoms with Gasteiger partial charge in [0.25, 0.3) is 0 Å². The molecule has 0 aliphatic carbocycles. The van der Waals surface area contributed by atoms with E-state index in [0.29, 0.717) is 0 Å². The summed E-state index contributed by atoms with van der Waals surface area (Å²) in [5.74, 6) is 0. The summed E-state index contributed by atoms with van der Waals surface area (Å²) >= 11 is 5.86. The van der Waals surface area contributed by atoms with Gasteiger partial charge >= 0.3 is 0 Å². The molecule has 72 heavy (non-hydrogen) atoms. The van der Waals surface area contributed by atoms with Crippen molar-refractivity contribution < 1.29 is 0 Å². The van der Waals surface area contributed by atoms with Crippen LogP contribution < -0.4 is 0 Å². The lowest BCUT2D eigenvalue weighted by Crippen LogP contribution is -1.82. The molecule has 6 heteroatoms. The summed E-state index contributed by atoms with van der Waals surface area (Å²) in [4.78, 5) is 13.7. The lowest BCUT2D eigenvalue weighted by atomic mass is 9.92. The minimum absolute atomic E-state index is 1.13. The fourth-order valence-electron chi connectivity index (χ4n) is 13.1. The highest BCUT2D eigenvalue weighted by atomic mass is 32.1. The molecule has 3 nitrogen and oxygen atoms in total. The van der Waals surface area contributed by atoms with Gasteiger partial charge in [-0.2, -0.15) is 0 Å². The van der Waals surface area contributed by atoms with Gasteiger partial charge in [0.2, 0.25) is 0 Å². The van der Waals surface area contributed by atoms with E-state index in [0.717, 1.165) is 5.69 Å². The molecule has 0 amide bonds. The van der Waals surface area contributed by atoms with E-state index in [1.165, 1.54) is 175 Å². The van der Waals surface area contributed by atoms with Crippen molar-refractivity contribution in [1.82, 2.24) is 15.0 Å². The molecule has 0 aliphatic heterocycles. The second-order valence-corrected chi connectivity index (χ2v) is 22.6. The van der Waals surface area contributed by atoms with E-state index < -0.39 is 0 Å². The van der Waals surface area contributed by atoms with Crippen LogP contribution in [0.3, 0.4) is 0 Å². The first-order valence-corrected chi connectivity index (χ1v) is 27.0. The minimum atomic E-state index is 1.13. The van der Waals surface area contributed by atoms with Crippen LogP contribution in [0.1, 0.15) is 0 Å². The second-order valence-electron chi connectivity index (χ2n) is 19.6. The molecule has 0 bridgehead atoms. The maximum atomic E-state index is 4.26. The molecule has 12 aromatic carbocycles. The van der Waals surface area contributed by atoms with Crippen LogP contribution in [-0.4, -0.2) is 15.0 Å². The van der Waals surface area contributed by atoms with Crippen molar-refractivity contribution >= 4 is 193 Å². The molecule has 0 spiro atoms. The SMILES string of the molecule is c1ccc(-c2cc3c([nH]2)c2ccccc2c2sc4c5ccccc5c5[nH]c6c7ccccc7c7sc8c9ccccc9c9[nH]c%10c%11ccccc%11c%11sc(-c%12ccccc%12)cc%11c%10c9c8c7c6c5c4c32)cc1. The fraction of sp³-hybridized carbons (Fsp3) is 0. The van der Waals surface area contributed by atoms with Gasteiger partial charge in [-0.1, -0.05) is 182 Å². The van der Waals surface area contributed by atoms with Crippen LogP contribution in [-0.2, 0) is 0 Å². The van der Waals surface area contributed by atoms with Gasteiger partial charge in [-0.15, -0.1) is 34.0 Å². The summed E-state index contributed by atoms with van der Waals surface area (Å²) in [7, 11) is 0. The van der Waals surface area contributed by atoms with Crippen LogP contribution in [0.5, 0.6) is 0 Å². The highest BCUT2D eigenvalue weighted by Crippen LogP contribution is 2.57. The van der Waals surface area contributed by atoms with Crippen molar-refractivity contribution in [2.45, 2.75) is 0 Å². The number of benzene rings is 12. The topological polar surface area (TPSA) is 47.4 Å². The Morgan fingerprint density at radius 1 is 0.222 bits per heavy atom. The quantitative estimate of drug-likeness (QED) is 0.155. The number of aromatic nitrogens is 3. The van der Waals surface area contributed by atoms with Crippen molar-refractivity contribution in [3.8, 4) is 21.7 Å². The van der Waals surface area contributed by atoms with E-state index in [-0.39, 0.29) is 0 Å². The molecule has 0 saturated heterocycles. The number of nitrogens with one attached hydrogen (secondary N) is 3. The number of rotatable bonds is 2. The molecular formula is C66H35N3S3. The Hall–Kier alpha value is -8.52. The number of H-pyrrole nitrogens is 3. The Balaban J connectivity index is 1.14. The van der Waals surface area contributed by atoms with Crippen molar-refractivity contribution in [1.29, 1.82) is 0 Å². The number of hydrogen-bond acceptors (Lipinski definition) is 3. The van der Waals surface area contributed by atoms with Crippen molar-refractivity contribution in [3.63, 3.8) is 0 Å². The lowest BCUT2D eigenvalue weighted by molar-refractivity contribution is 1.46. The van der Waals surface area contributed by atoms with E-state index in [1.54, 1.807) is 0 Å². The van der Waals surface area contributed by atoms with E-state index in [4.69, 9.17) is 0 Å². The van der Waals surface area contributed by atoms with Crippen molar-refractivity contribution in [3.05, 3.63) is 194 Å². The van der Waals surface area contributed by atoms with Gasteiger partial charge in [0.1, 0.15) is 0 Å². The summed E-state index contributed by atoms with van der Waals surface area (Å²) < 4.78 is 6.66. The summed E-state index contributed by atoms with van der Waals surface area (Å²) in [5, 5.41) is 25.8. The van der Waals surface area contributed by atoms with E-state index in [1.807, 2.05) is 34.0 Å². The summed E-state index contributed by atoms with van der Waals surface area (Å²) in [5.41, 5.74) is 9.54. The first-order valence-electron chi connectivity index (χ1n) is 24.6. The van der Waals surface area contributed by atoms with Crippen LogP contribution in [0.2, 0.25) is 0 Å². The van der Waals surface area contributed by atoms with Crippen LogP contribution in [0, 0.1) is 0 Å². The Labute approximate surface area is 420 Å². The number of thiophene rings is 3. The third-order valence-electron chi connectivity index (χ3n) is 16.0. The summed E-state index contributed by atoms with van der Waals surface area (Å²) in [6.45, 7) is 0. The van der Waals surface area contributed by atoms with Gasteiger partial charge < -0.3 is 15.0 Å². The van der Waals surface area contributed by atoms with E-state index in [9.17, 15) is 0 Å². The molecule has 0 radical (unpaired) electrons. The van der Waals surface area contributed by atoms with Crippen molar-refractivity contribution in [2.24, 2.45) is 0 Å². The average molecular weight is 966 g/mol. The Morgan fingerprint density at radius 2 is 0.583 bits per heavy atom. The molecule has 6 aromatic heterocycles. The van der Waals surface area contributed by atoms with Crippen LogP contribution in [0.4, 0.5) is 0 Å². The maximum Gasteiger partial charge on any atom is 0.0552 e. The van der Waals surface area contributed by atoms with Gasteiger partial charge in [-0.3, -0.25) is 0 Å². The zero-order chi connectivity index (χ0) is 46.5. The van der Waals surface area contributed by atoms with Gasteiger partial charge in [0.05, 0.1) is 27.6 Å². The molecule has 18 rings (SSSR count). The smallest absolute Gasteiger partial charge is 0.0552 e. The zero-order valence-electron chi connectivity index (χ0n) is 38.2. The van der Waals surface area contributed by atoms with E-state index >= 15 is 0 Å². The summed E-state index contributed by atoms with van der Waals surface area (Å²) in [6, 6.07) is 72.1. The normalized spacial score (nSPS) is 12.7. The van der Waals surface area contributed by atoms with Crippen LogP contribution in [0.15, 0.2) is 194 Å². The van der Waals surface area contributed by atoms with Gasteiger partial charge in [0, 0.05) is 142 Å². The van der Waals surface area contributed by atoms with E-state index in [2.05, 4.69) is 209 Å². The first kappa shape index (κ1) is 38.3. The molecule has 0 saturated carbocycles. The third kappa shape index (κ3) is 4.71. The predicted octanol–water partition coefficient (Wildman–Crippen LogP) is 20.5. The minimum Gasteiger partial charge on any atom is -0.354 e. The molecule has 0 fully saturated rings. The average Bonchev–Trinajstić information content (AvgIpc) is 4.32. The van der Waals surface area contributed by atoms with Crippen molar-refractivity contribution in [2.75, 3.05) is 0 Å². The Morgan fingerprint density at radius 3 is 1.07 bits per heavy atom. The fourth-order valence-corrected chi connectivity index (χ4v) is 17.1. The van der Waals surface area contributed by atoms with Crippen LogP contribution >= 0.6 is 34.0 Å². The largest absolute Gasteiger partial charge is 0.354 e. The first-order chi connectivity index (χ1) is 35.7. The van der Waals surface area contributed by atoms with Gasteiger partial charge in [0.15, 0.2) is 0 Å². The molecule has 0 aliphatic rings. The molecule has 332 valence electrons. The second kappa shape index (κ2) is 13.7. The standard InChI is InChI=1S/C66H35N3S3/c1-3-17-33(18-4-1)47-31-45-50-54-52-53-56-55-51-49-46-32-48(34-19-5-2-6-20-34)70-62(46)40-26-12-8-22-36(40)58(49)68-59(51)37-23-9-15-29-43(37)65(55)72-66(56)44-30-16-11-25-39(44)61(53)69-60(52)38-24-10-14-28-42(38)64(54)71-63(50)41-27-13-7-21-35(41)57(45)67-47/h1-32,67-69H. The van der Waals surface area contributed by atoms with Gasteiger partial charge in [-0.25, -0.2) is 0 Å². The Bertz CT molecular complexity index is 5110. The molecule has 18 aromatic rings. The molecule has 6 heterocycles. The number of aromatic amines is 3. The molecule has 0 atom stereocenters. The summed E-state index contributed by atoms with van der Waals surface area (Å²) in [6.07, 6.45) is 0. The molecule has 0 unspecified atom stereocenters. The molecule has 3 N–H and O–H groups in total. The highest BCUT2D eigenvalue weighted by Gasteiger charge is 2.29. The number of fused-ring (bicyclic) bond motifs is 34. The maximum absolute atomic E-state index is 4.26.